The molecule has 3 aromatic carbocycles. The highest BCUT2D eigenvalue weighted by molar-refractivity contribution is 5.98. The van der Waals surface area contributed by atoms with Gasteiger partial charge in [-0.05, 0) is 137 Å². The maximum absolute atomic E-state index is 14.3. The van der Waals surface area contributed by atoms with Gasteiger partial charge in [-0.2, -0.15) is 22.7 Å². The molecule has 0 unspecified atom stereocenters. The first kappa shape index (κ1) is 42.9. The summed E-state index contributed by atoms with van der Waals surface area (Å²) in [6.07, 6.45) is 4.85. The molecule has 0 spiro atoms. The lowest BCUT2D eigenvalue weighted by Crippen LogP contribution is -2.48. The number of nitrogens with one attached hydrogen (secondary N) is 4. The molecule has 13 nitrogen and oxygen atoms in total. The van der Waals surface area contributed by atoms with Gasteiger partial charge in [-0.3, -0.25) is 19.5 Å². The van der Waals surface area contributed by atoms with Crippen LogP contribution in [0, 0.1) is 18.8 Å². The molecule has 1 aliphatic heterocycles. The smallest absolute Gasteiger partial charge is 0.411 e. The minimum atomic E-state index is -5.45. The van der Waals surface area contributed by atoms with Crippen molar-refractivity contribution in [2.24, 2.45) is 17.6 Å². The van der Waals surface area contributed by atoms with E-state index in [0.29, 0.717) is 30.9 Å². The van der Waals surface area contributed by atoms with Crippen LogP contribution >= 0.6 is 0 Å². The fourth-order valence-electron chi connectivity index (χ4n) is 7.46. The third-order valence-electron chi connectivity index (χ3n) is 11.3. The number of carbonyl (C=O) groups is 4. The number of nitrogens with two attached hydrogens (primary N) is 1. The summed E-state index contributed by atoms with van der Waals surface area (Å²) in [6.45, 7) is 4.38. The van der Waals surface area contributed by atoms with Gasteiger partial charge in [-0.25, -0.2) is 9.78 Å². The number of anilines is 1. The summed E-state index contributed by atoms with van der Waals surface area (Å²) >= 11 is 0. The zero-order valence-electron chi connectivity index (χ0n) is 32.7. The molecule has 17 heteroatoms. The van der Waals surface area contributed by atoms with E-state index in [-0.39, 0.29) is 47.3 Å². The van der Waals surface area contributed by atoms with Gasteiger partial charge in [-0.15, -0.1) is 0 Å². The Balaban J connectivity index is 1.16. The van der Waals surface area contributed by atoms with Gasteiger partial charge in [0.1, 0.15) is 6.04 Å². The fraction of sp³-hybridized carbons (Fsp3) is 0.429. The predicted octanol–water partition coefficient (Wildman–Crippen LogP) is 5.51. The summed E-state index contributed by atoms with van der Waals surface area (Å²) in [6, 6.07) is 17.9. The number of hydrogen-bond acceptors (Lipinski definition) is 8. The third-order valence-corrected chi connectivity index (χ3v) is 11.3. The fourth-order valence-corrected chi connectivity index (χ4v) is 7.46. The van der Waals surface area contributed by atoms with Crippen LogP contribution in [0.2, 0.25) is 0 Å². The third kappa shape index (κ3) is 9.96. The lowest BCUT2D eigenvalue weighted by atomic mass is 9.81. The molecule has 1 atom stereocenters. The summed E-state index contributed by atoms with van der Waals surface area (Å²) < 4.78 is 55.9. The van der Waals surface area contributed by atoms with E-state index in [9.17, 15) is 36.7 Å². The zero-order chi connectivity index (χ0) is 42.5. The van der Waals surface area contributed by atoms with E-state index < -0.39 is 35.6 Å². The summed E-state index contributed by atoms with van der Waals surface area (Å²) in [4.78, 5) is 56.9. The lowest BCUT2D eigenvalue weighted by molar-refractivity contribution is -0.231. The van der Waals surface area contributed by atoms with Crippen molar-refractivity contribution in [3.05, 3.63) is 89.2 Å². The van der Waals surface area contributed by atoms with E-state index in [1.54, 1.807) is 0 Å². The number of carboxylic acids is 1. The number of benzene rings is 3. The number of H-pyrrole nitrogens is 1. The number of halogens is 4. The highest BCUT2D eigenvalue weighted by atomic mass is 19.3. The predicted molar refractivity (Wildman–Crippen MR) is 212 cm³/mol. The van der Waals surface area contributed by atoms with Crippen molar-refractivity contribution in [3.63, 3.8) is 0 Å². The zero-order valence-corrected chi connectivity index (χ0v) is 32.7. The molecule has 1 saturated carbocycles. The summed E-state index contributed by atoms with van der Waals surface area (Å²) in [7, 11) is 2.07. The molecular formula is C42H48F4N8O5. The van der Waals surface area contributed by atoms with Crippen molar-refractivity contribution < 1.29 is 41.8 Å². The number of aromatic amines is 1. The van der Waals surface area contributed by atoms with Crippen molar-refractivity contribution in [3.8, 4) is 22.5 Å². The van der Waals surface area contributed by atoms with Crippen LogP contribution in [0.1, 0.15) is 65.8 Å². The Bertz CT molecular complexity index is 2130. The van der Waals surface area contributed by atoms with Gasteiger partial charge >= 0.3 is 17.8 Å². The summed E-state index contributed by atoms with van der Waals surface area (Å²) in [5, 5.41) is 22.7. The van der Waals surface area contributed by atoms with Crippen LogP contribution in [0.4, 0.5) is 23.2 Å². The quantitative estimate of drug-likeness (QED) is 0.0889. The van der Waals surface area contributed by atoms with Crippen LogP contribution in [0.15, 0.2) is 66.7 Å². The Morgan fingerprint density at radius 1 is 0.915 bits per heavy atom. The van der Waals surface area contributed by atoms with Gasteiger partial charge in [0.05, 0.1) is 0 Å². The second kappa shape index (κ2) is 18.1. The molecule has 2 aliphatic rings. The van der Waals surface area contributed by atoms with Crippen molar-refractivity contribution in [1.82, 2.24) is 30.7 Å². The highest BCUT2D eigenvalue weighted by Crippen LogP contribution is 2.42. The van der Waals surface area contributed by atoms with Crippen LogP contribution in [0.5, 0.6) is 0 Å². The number of aromatic nitrogens is 3. The van der Waals surface area contributed by atoms with Gasteiger partial charge in [0, 0.05) is 35.2 Å². The van der Waals surface area contributed by atoms with Crippen molar-refractivity contribution in [1.29, 1.82) is 0 Å². The molecule has 1 saturated heterocycles. The van der Waals surface area contributed by atoms with Crippen LogP contribution in [0.25, 0.3) is 22.5 Å². The van der Waals surface area contributed by atoms with Crippen LogP contribution in [-0.4, -0.2) is 93.6 Å². The number of aliphatic carboxylic acids is 1. The molecule has 7 N–H and O–H groups in total. The van der Waals surface area contributed by atoms with Crippen molar-refractivity contribution in [2.45, 2.75) is 75.8 Å². The molecule has 2 fully saturated rings. The molecule has 0 bridgehead atoms. The van der Waals surface area contributed by atoms with Crippen LogP contribution in [0.3, 0.4) is 0 Å². The van der Waals surface area contributed by atoms with E-state index in [1.165, 1.54) is 24.3 Å². The maximum Gasteiger partial charge on any atom is 0.411 e. The van der Waals surface area contributed by atoms with E-state index in [2.05, 4.69) is 43.1 Å². The van der Waals surface area contributed by atoms with E-state index in [0.717, 1.165) is 61.0 Å². The Hall–Kier alpha value is -5.68. The van der Waals surface area contributed by atoms with Gasteiger partial charge in [0.15, 0.2) is 5.82 Å². The van der Waals surface area contributed by atoms with Crippen molar-refractivity contribution >= 4 is 29.4 Å². The molecular weight excluding hydrogens is 773 g/mol. The number of piperidine rings is 1. The molecule has 314 valence electrons. The number of alkyl halides is 4. The van der Waals surface area contributed by atoms with Gasteiger partial charge in [0.2, 0.25) is 17.6 Å². The first-order chi connectivity index (χ1) is 28.0. The first-order valence-electron chi connectivity index (χ1n) is 19.6. The molecule has 6 rings (SSSR count). The Morgan fingerprint density at radius 3 is 2.19 bits per heavy atom. The number of amides is 3. The second-order valence-electron chi connectivity index (χ2n) is 15.5. The van der Waals surface area contributed by atoms with Gasteiger partial charge in [0.25, 0.3) is 5.91 Å². The Kier molecular flexibility index (Phi) is 13.1. The Morgan fingerprint density at radius 2 is 1.56 bits per heavy atom. The molecule has 3 amide bonds. The first-order valence-corrected chi connectivity index (χ1v) is 19.6. The molecule has 1 aliphatic carbocycles. The Labute approximate surface area is 338 Å². The van der Waals surface area contributed by atoms with Crippen molar-refractivity contribution in [2.75, 3.05) is 32.0 Å². The summed E-state index contributed by atoms with van der Waals surface area (Å²) in [5.74, 6) is -16.5. The van der Waals surface area contributed by atoms with E-state index in [4.69, 9.17) is 10.8 Å². The number of nitrogens with zero attached hydrogens (tertiary/aromatic N) is 3. The molecule has 4 aromatic rings. The standard InChI is InChI=1S/C42H48F4N8O5/c1-24-3-8-30(37(56)48-32-17-19-54(2)20-18-32)22-33(24)27-9-4-25(5-10-27)21-34(50-36(55)29-11-6-26(23-47)7-12-29)38(57)49-31-15-13-28(14-16-31)35-51-39(53-52-35)41(43,44)42(45,46)40(58)59/h3-5,8-10,13-16,22,26,29,32,34H,6-7,11-12,17-21,23,47H2,1-2H3,(H,48,56)(H,49,57)(H,50,55)(H,58,59)(H,51,52,53)/t26-,29-,34-/m0/s1. The number of rotatable bonds is 14. The van der Waals surface area contributed by atoms with Gasteiger partial charge < -0.3 is 31.7 Å². The topological polar surface area (TPSA) is 195 Å². The maximum atomic E-state index is 14.3. The number of likely N-dealkylation sites (tertiary alicyclic amines) is 1. The highest BCUT2D eigenvalue weighted by Gasteiger charge is 2.66. The molecule has 1 aromatic heterocycles. The lowest BCUT2D eigenvalue weighted by Gasteiger charge is -2.29. The normalized spacial score (nSPS) is 18.5. The summed E-state index contributed by atoms with van der Waals surface area (Å²) in [5.41, 5.74) is 10.3. The molecule has 2 heterocycles. The molecule has 59 heavy (non-hydrogen) atoms. The van der Waals surface area contributed by atoms with Gasteiger partial charge in [-0.1, -0.05) is 30.3 Å². The minimum absolute atomic E-state index is 0.120. The number of carbonyl (C=O) groups excluding carboxylic acids is 3. The largest absolute Gasteiger partial charge is 0.477 e. The number of aryl methyl sites for hydroxylation is 1. The molecule has 0 radical (unpaired) electrons. The van der Waals surface area contributed by atoms with Crippen LogP contribution in [-0.2, 0) is 26.7 Å². The SMILES string of the molecule is Cc1ccc(C(=O)NC2CCN(C)CC2)cc1-c1ccc(C[C@H](NC(=O)[C@H]2CC[C@H](CN)CC2)C(=O)Nc2ccc(-c3nc(C(F)(F)C(F)(F)C(=O)O)n[nH]3)cc2)cc1. The van der Waals surface area contributed by atoms with Crippen LogP contribution < -0.4 is 21.7 Å². The monoisotopic (exact) mass is 820 g/mol. The number of hydrogen-bond donors (Lipinski definition) is 6. The number of carboxylic acid groups (broad SMARTS) is 1. The van der Waals surface area contributed by atoms with E-state index >= 15 is 0 Å². The average molecular weight is 821 g/mol. The second-order valence-corrected chi connectivity index (χ2v) is 15.5. The minimum Gasteiger partial charge on any atom is -0.477 e. The van der Waals surface area contributed by atoms with E-state index in [1.807, 2.05) is 49.4 Å². The average Bonchev–Trinajstić information content (AvgIpc) is 3.73.